The molecule has 5 heteroatoms. The summed E-state index contributed by atoms with van der Waals surface area (Å²) in [5, 5.41) is 4.79. The lowest BCUT2D eigenvalue weighted by Crippen LogP contribution is -2.05. The summed E-state index contributed by atoms with van der Waals surface area (Å²) < 4.78 is 15.5. The zero-order chi connectivity index (χ0) is 14.6. The third-order valence-electron chi connectivity index (χ3n) is 4.55. The van der Waals surface area contributed by atoms with Gasteiger partial charge in [-0.05, 0) is 50.8 Å². The molecular formula is C16H19FN4. The fraction of sp³-hybridized carbons (Fsp3) is 0.500. The average molecular weight is 286 g/mol. The zero-order valence-corrected chi connectivity index (χ0v) is 12.1. The molecule has 0 spiro atoms. The van der Waals surface area contributed by atoms with E-state index in [1.54, 1.807) is 13.0 Å². The highest BCUT2D eigenvalue weighted by Gasteiger charge is 2.40. The number of hydrogen-bond donors (Lipinski definition) is 1. The molecule has 0 radical (unpaired) electrons. The molecule has 0 aromatic carbocycles. The highest BCUT2D eigenvalue weighted by molar-refractivity contribution is 5.63. The largest absolute Gasteiger partial charge is 0.330 e. The highest BCUT2D eigenvalue weighted by atomic mass is 19.1. The minimum Gasteiger partial charge on any atom is -0.330 e. The molecule has 110 valence electrons. The van der Waals surface area contributed by atoms with Crippen molar-refractivity contribution in [3.8, 4) is 11.3 Å². The molecule has 4 nitrogen and oxygen atoms in total. The molecule has 2 aromatic rings. The van der Waals surface area contributed by atoms with Crippen LogP contribution in [0.2, 0.25) is 0 Å². The van der Waals surface area contributed by atoms with E-state index in [0.29, 0.717) is 30.1 Å². The normalized spacial score (nSPS) is 24.3. The van der Waals surface area contributed by atoms with Gasteiger partial charge in [-0.1, -0.05) is 0 Å². The molecule has 2 saturated carbocycles. The van der Waals surface area contributed by atoms with Crippen LogP contribution in [0.4, 0.5) is 4.39 Å². The van der Waals surface area contributed by atoms with Gasteiger partial charge >= 0.3 is 0 Å². The summed E-state index contributed by atoms with van der Waals surface area (Å²) in [6.07, 6.45) is 5.57. The van der Waals surface area contributed by atoms with E-state index in [2.05, 4.69) is 15.9 Å². The first-order chi connectivity index (χ1) is 10.2. The van der Waals surface area contributed by atoms with Crippen molar-refractivity contribution in [2.24, 2.45) is 11.7 Å². The standard InChI is InChI=1S/C16H19FN4/c1-9-13(17)4-5-14(19-9)12-8-21(15-6-11(15)7-18)20-16(12)10-2-3-10/h4-5,8,10-11,15H,2-3,6-7,18H2,1H3/t11-,15+/m0/s1. The van der Waals surface area contributed by atoms with E-state index in [9.17, 15) is 4.39 Å². The van der Waals surface area contributed by atoms with Gasteiger partial charge in [-0.2, -0.15) is 5.10 Å². The van der Waals surface area contributed by atoms with Crippen LogP contribution in [0.25, 0.3) is 11.3 Å². The number of hydrogen-bond acceptors (Lipinski definition) is 3. The van der Waals surface area contributed by atoms with Gasteiger partial charge in [0.2, 0.25) is 0 Å². The molecule has 21 heavy (non-hydrogen) atoms. The van der Waals surface area contributed by atoms with Gasteiger partial charge < -0.3 is 5.73 Å². The molecule has 0 unspecified atom stereocenters. The Balaban J connectivity index is 1.74. The Morgan fingerprint density at radius 3 is 2.81 bits per heavy atom. The van der Waals surface area contributed by atoms with Crippen molar-refractivity contribution < 1.29 is 4.39 Å². The summed E-state index contributed by atoms with van der Waals surface area (Å²) in [5.41, 5.74) is 9.18. The molecule has 2 heterocycles. The molecule has 2 aliphatic rings. The van der Waals surface area contributed by atoms with E-state index in [4.69, 9.17) is 10.8 Å². The van der Waals surface area contributed by atoms with Gasteiger partial charge in [-0.15, -0.1) is 0 Å². The second kappa shape index (κ2) is 4.63. The van der Waals surface area contributed by atoms with Crippen LogP contribution in [0.1, 0.15) is 42.6 Å². The van der Waals surface area contributed by atoms with E-state index < -0.39 is 0 Å². The lowest BCUT2D eigenvalue weighted by Gasteiger charge is -2.02. The maximum atomic E-state index is 13.4. The van der Waals surface area contributed by atoms with Gasteiger partial charge in [0.15, 0.2) is 0 Å². The van der Waals surface area contributed by atoms with Crippen LogP contribution in [0.3, 0.4) is 0 Å². The van der Waals surface area contributed by atoms with Crippen molar-refractivity contribution in [3.05, 3.63) is 35.5 Å². The molecule has 0 saturated heterocycles. The second-order valence-corrected chi connectivity index (χ2v) is 6.24. The number of rotatable bonds is 4. The first-order valence-corrected chi connectivity index (χ1v) is 7.60. The van der Waals surface area contributed by atoms with Crippen molar-refractivity contribution in [3.63, 3.8) is 0 Å². The summed E-state index contributed by atoms with van der Waals surface area (Å²) in [5.74, 6) is 0.834. The minimum atomic E-state index is -0.260. The third kappa shape index (κ3) is 2.25. The fourth-order valence-electron chi connectivity index (χ4n) is 2.93. The number of halogens is 1. The number of aryl methyl sites for hydroxylation is 1. The third-order valence-corrected chi connectivity index (χ3v) is 4.55. The van der Waals surface area contributed by atoms with E-state index in [0.717, 1.165) is 23.4 Å². The molecular weight excluding hydrogens is 267 g/mol. The summed E-state index contributed by atoms with van der Waals surface area (Å²) in [4.78, 5) is 4.39. The maximum Gasteiger partial charge on any atom is 0.144 e. The fourth-order valence-corrected chi connectivity index (χ4v) is 2.93. The van der Waals surface area contributed by atoms with Crippen LogP contribution in [0.15, 0.2) is 18.3 Å². The predicted octanol–water partition coefficient (Wildman–Crippen LogP) is 2.79. The first kappa shape index (κ1) is 13.0. The molecule has 2 N–H and O–H groups in total. The van der Waals surface area contributed by atoms with E-state index in [1.807, 2.05) is 0 Å². The van der Waals surface area contributed by atoms with Gasteiger partial charge in [0.05, 0.1) is 23.1 Å². The molecule has 0 aliphatic heterocycles. The predicted molar refractivity (Wildman–Crippen MR) is 78.3 cm³/mol. The number of pyridine rings is 1. The topological polar surface area (TPSA) is 56.7 Å². The van der Waals surface area contributed by atoms with E-state index in [1.165, 1.54) is 18.9 Å². The lowest BCUT2D eigenvalue weighted by atomic mass is 10.1. The molecule has 0 amide bonds. The quantitative estimate of drug-likeness (QED) is 0.940. The van der Waals surface area contributed by atoms with Gasteiger partial charge in [0.1, 0.15) is 5.82 Å². The van der Waals surface area contributed by atoms with Crippen LogP contribution < -0.4 is 5.73 Å². The second-order valence-electron chi connectivity index (χ2n) is 6.24. The Hall–Kier alpha value is -1.75. The number of nitrogens with two attached hydrogens (primary N) is 1. The van der Waals surface area contributed by atoms with Crippen molar-refractivity contribution >= 4 is 0 Å². The monoisotopic (exact) mass is 286 g/mol. The molecule has 2 aromatic heterocycles. The Morgan fingerprint density at radius 2 is 2.19 bits per heavy atom. The van der Waals surface area contributed by atoms with E-state index in [-0.39, 0.29) is 5.82 Å². The molecule has 2 atom stereocenters. The Kier molecular flexibility index (Phi) is 2.85. The van der Waals surface area contributed by atoms with Crippen LogP contribution in [0.5, 0.6) is 0 Å². The zero-order valence-electron chi connectivity index (χ0n) is 12.1. The minimum absolute atomic E-state index is 0.260. The van der Waals surface area contributed by atoms with E-state index >= 15 is 0 Å². The SMILES string of the molecule is Cc1nc(-c2cn([C@@H]3C[C@H]3CN)nc2C2CC2)ccc1F. The molecule has 0 bridgehead atoms. The van der Waals surface area contributed by atoms with Crippen LogP contribution in [-0.4, -0.2) is 21.3 Å². The van der Waals surface area contributed by atoms with Gasteiger partial charge in [0.25, 0.3) is 0 Å². The van der Waals surface area contributed by atoms with Crippen molar-refractivity contribution in [1.29, 1.82) is 0 Å². The highest BCUT2D eigenvalue weighted by Crippen LogP contribution is 2.47. The Bertz CT molecular complexity index is 690. The van der Waals surface area contributed by atoms with Crippen molar-refractivity contribution in [2.45, 2.75) is 38.1 Å². The molecule has 4 rings (SSSR count). The van der Waals surface area contributed by atoms with Gasteiger partial charge in [0, 0.05) is 17.7 Å². The summed E-state index contributed by atoms with van der Waals surface area (Å²) in [7, 11) is 0. The van der Waals surface area contributed by atoms with Crippen LogP contribution in [-0.2, 0) is 0 Å². The smallest absolute Gasteiger partial charge is 0.144 e. The van der Waals surface area contributed by atoms with Crippen LogP contribution in [0, 0.1) is 18.7 Å². The summed E-state index contributed by atoms with van der Waals surface area (Å²) >= 11 is 0. The first-order valence-electron chi connectivity index (χ1n) is 7.60. The van der Waals surface area contributed by atoms with Gasteiger partial charge in [-0.3, -0.25) is 4.68 Å². The Labute approximate surface area is 123 Å². The molecule has 2 fully saturated rings. The molecule has 2 aliphatic carbocycles. The van der Waals surface area contributed by atoms with Crippen LogP contribution >= 0.6 is 0 Å². The van der Waals surface area contributed by atoms with Gasteiger partial charge in [-0.25, -0.2) is 9.37 Å². The number of nitrogens with zero attached hydrogens (tertiary/aromatic N) is 3. The van der Waals surface area contributed by atoms with Crippen molar-refractivity contribution in [1.82, 2.24) is 14.8 Å². The summed E-state index contributed by atoms with van der Waals surface area (Å²) in [6, 6.07) is 3.68. The number of aromatic nitrogens is 3. The average Bonchev–Trinajstić information content (AvgIpc) is 3.40. The maximum absolute atomic E-state index is 13.4. The lowest BCUT2D eigenvalue weighted by molar-refractivity contribution is 0.583. The summed E-state index contributed by atoms with van der Waals surface area (Å²) in [6.45, 7) is 2.41. The van der Waals surface area contributed by atoms with Crippen molar-refractivity contribution in [2.75, 3.05) is 6.54 Å². The Morgan fingerprint density at radius 1 is 1.38 bits per heavy atom.